The predicted molar refractivity (Wildman–Crippen MR) is 103 cm³/mol. The lowest BCUT2D eigenvalue weighted by atomic mass is 10.0. The van der Waals surface area contributed by atoms with Crippen LogP contribution in [0.15, 0.2) is 28.7 Å². The van der Waals surface area contributed by atoms with Gasteiger partial charge in [0.05, 0.1) is 0 Å². The van der Waals surface area contributed by atoms with E-state index in [4.69, 9.17) is 4.74 Å². The highest BCUT2D eigenvalue weighted by Crippen LogP contribution is 2.21. The summed E-state index contributed by atoms with van der Waals surface area (Å²) >= 11 is 3.39. The summed E-state index contributed by atoms with van der Waals surface area (Å²) in [6.07, 6.45) is -0.238. The van der Waals surface area contributed by atoms with E-state index in [1.807, 2.05) is 49.9 Å². The zero-order valence-electron chi connectivity index (χ0n) is 15.6. The van der Waals surface area contributed by atoms with Crippen LogP contribution < -0.4 is 0 Å². The van der Waals surface area contributed by atoms with E-state index in [1.165, 1.54) is 0 Å². The number of piperazine rings is 1. The number of halogens is 1. The highest BCUT2D eigenvalue weighted by molar-refractivity contribution is 9.10. The third-order valence-electron chi connectivity index (χ3n) is 4.72. The van der Waals surface area contributed by atoms with E-state index in [1.54, 1.807) is 4.90 Å². The summed E-state index contributed by atoms with van der Waals surface area (Å²) in [6, 6.07) is 7.86. The van der Waals surface area contributed by atoms with Gasteiger partial charge in [-0.2, -0.15) is 0 Å². The smallest absolute Gasteiger partial charge is 0.410 e. The van der Waals surface area contributed by atoms with Crippen molar-refractivity contribution in [3.8, 4) is 0 Å². The maximum Gasteiger partial charge on any atom is 0.410 e. The van der Waals surface area contributed by atoms with Crippen molar-refractivity contribution in [1.29, 1.82) is 0 Å². The number of benzene rings is 1. The first kappa shape index (κ1) is 19.2. The minimum atomic E-state index is -0.462. The van der Waals surface area contributed by atoms with Gasteiger partial charge in [0, 0.05) is 55.3 Å². The van der Waals surface area contributed by atoms with Gasteiger partial charge in [-0.15, -0.1) is 0 Å². The molecule has 0 aromatic heterocycles. The largest absolute Gasteiger partial charge is 0.444 e. The molecule has 0 unspecified atom stereocenters. The number of hydrogen-bond acceptors (Lipinski definition) is 4. The molecular weight excluding hydrogens is 398 g/mol. The minimum Gasteiger partial charge on any atom is -0.444 e. The summed E-state index contributed by atoms with van der Waals surface area (Å²) in [5, 5.41) is 0. The van der Waals surface area contributed by atoms with Crippen molar-refractivity contribution in [3.63, 3.8) is 0 Å². The number of carbonyl (C=O) groups excluding carboxylic acids is 2. The van der Waals surface area contributed by atoms with E-state index >= 15 is 0 Å². The van der Waals surface area contributed by atoms with Gasteiger partial charge in [0.1, 0.15) is 5.60 Å². The fourth-order valence-electron chi connectivity index (χ4n) is 3.22. The molecule has 2 saturated heterocycles. The molecule has 0 bridgehead atoms. The van der Waals surface area contributed by atoms with E-state index in [0.29, 0.717) is 19.1 Å². The second kappa shape index (κ2) is 7.56. The third-order valence-corrected chi connectivity index (χ3v) is 5.25. The number of nitrogens with zero attached hydrogens (tertiary/aromatic N) is 3. The number of amides is 2. The van der Waals surface area contributed by atoms with Crippen LogP contribution in [-0.2, 0) is 4.74 Å². The summed E-state index contributed by atoms with van der Waals surface area (Å²) in [5.41, 5.74) is 0.261. The number of likely N-dealkylation sites (tertiary alicyclic amines) is 1. The molecule has 0 atom stereocenters. The Balaban J connectivity index is 1.44. The van der Waals surface area contributed by atoms with Gasteiger partial charge in [-0.05, 0) is 45.0 Å². The standard InChI is InChI=1S/C19H26BrN3O3/c1-19(2,3)26-18(25)22-10-8-21(9-11-22)16-12-23(13-16)17(24)14-4-6-15(20)7-5-14/h4-7,16H,8-13H2,1-3H3. The highest BCUT2D eigenvalue weighted by atomic mass is 79.9. The van der Waals surface area contributed by atoms with Gasteiger partial charge in [0.25, 0.3) is 5.91 Å². The molecule has 2 heterocycles. The predicted octanol–water partition coefficient (Wildman–Crippen LogP) is 2.83. The molecule has 2 aliphatic heterocycles. The van der Waals surface area contributed by atoms with Gasteiger partial charge in [-0.3, -0.25) is 9.69 Å². The Hall–Kier alpha value is -1.60. The molecule has 2 fully saturated rings. The number of hydrogen-bond donors (Lipinski definition) is 0. The van der Waals surface area contributed by atoms with Gasteiger partial charge < -0.3 is 14.5 Å². The van der Waals surface area contributed by atoms with Crippen molar-refractivity contribution in [3.05, 3.63) is 34.3 Å². The van der Waals surface area contributed by atoms with Crippen LogP contribution in [0.2, 0.25) is 0 Å². The van der Waals surface area contributed by atoms with E-state index < -0.39 is 5.60 Å². The quantitative estimate of drug-likeness (QED) is 0.733. The van der Waals surface area contributed by atoms with Crippen molar-refractivity contribution in [2.24, 2.45) is 0 Å². The normalized spacial score (nSPS) is 19.2. The average molecular weight is 424 g/mol. The van der Waals surface area contributed by atoms with Crippen molar-refractivity contribution >= 4 is 27.9 Å². The van der Waals surface area contributed by atoms with E-state index in [0.717, 1.165) is 36.2 Å². The van der Waals surface area contributed by atoms with Crippen LogP contribution in [-0.4, -0.2) is 77.6 Å². The molecule has 2 amide bonds. The van der Waals surface area contributed by atoms with Crippen LogP contribution in [0.4, 0.5) is 4.79 Å². The van der Waals surface area contributed by atoms with Crippen molar-refractivity contribution in [1.82, 2.24) is 14.7 Å². The summed E-state index contributed by atoms with van der Waals surface area (Å²) in [6.45, 7) is 10.1. The third kappa shape index (κ3) is 4.57. The first-order valence-corrected chi connectivity index (χ1v) is 9.79. The Labute approximate surface area is 163 Å². The fourth-order valence-corrected chi connectivity index (χ4v) is 3.49. The maximum absolute atomic E-state index is 12.5. The van der Waals surface area contributed by atoms with Crippen molar-refractivity contribution in [2.75, 3.05) is 39.3 Å². The van der Waals surface area contributed by atoms with Crippen molar-refractivity contribution < 1.29 is 14.3 Å². The molecule has 6 nitrogen and oxygen atoms in total. The Bertz CT molecular complexity index is 658. The van der Waals surface area contributed by atoms with Crippen LogP contribution in [0.3, 0.4) is 0 Å². The second-order valence-electron chi connectivity index (χ2n) is 7.87. The average Bonchev–Trinajstić information content (AvgIpc) is 2.53. The van der Waals surface area contributed by atoms with Crippen LogP contribution in [0.25, 0.3) is 0 Å². The molecule has 26 heavy (non-hydrogen) atoms. The number of rotatable bonds is 2. The Morgan fingerprint density at radius 1 is 1.00 bits per heavy atom. The van der Waals surface area contributed by atoms with Crippen LogP contribution in [0, 0.1) is 0 Å². The van der Waals surface area contributed by atoms with Crippen LogP contribution in [0.1, 0.15) is 31.1 Å². The molecular formula is C19H26BrN3O3. The first-order valence-electron chi connectivity index (χ1n) is 9.00. The van der Waals surface area contributed by atoms with Gasteiger partial charge in [0.15, 0.2) is 0 Å². The lowest BCUT2D eigenvalue weighted by Crippen LogP contribution is -2.64. The lowest BCUT2D eigenvalue weighted by molar-refractivity contribution is -0.00850. The number of ether oxygens (including phenoxy) is 1. The van der Waals surface area contributed by atoms with Gasteiger partial charge in [0.2, 0.25) is 0 Å². The van der Waals surface area contributed by atoms with E-state index in [9.17, 15) is 9.59 Å². The number of carbonyl (C=O) groups is 2. The first-order chi connectivity index (χ1) is 12.2. The van der Waals surface area contributed by atoms with Gasteiger partial charge >= 0.3 is 6.09 Å². The summed E-state index contributed by atoms with van der Waals surface area (Å²) in [5.74, 6) is 0.0844. The molecule has 2 aliphatic rings. The molecule has 0 N–H and O–H groups in total. The molecule has 0 radical (unpaired) electrons. The molecule has 1 aromatic carbocycles. The molecule has 0 saturated carbocycles. The lowest BCUT2D eigenvalue weighted by Gasteiger charge is -2.48. The topological polar surface area (TPSA) is 53.1 Å². The Morgan fingerprint density at radius 2 is 1.58 bits per heavy atom. The van der Waals surface area contributed by atoms with Crippen molar-refractivity contribution in [2.45, 2.75) is 32.4 Å². The molecule has 7 heteroatoms. The summed E-state index contributed by atoms with van der Waals surface area (Å²) < 4.78 is 6.40. The zero-order chi connectivity index (χ0) is 18.9. The fraction of sp³-hybridized carbons (Fsp3) is 0.579. The molecule has 3 rings (SSSR count). The molecule has 142 valence electrons. The molecule has 0 aliphatic carbocycles. The monoisotopic (exact) mass is 423 g/mol. The zero-order valence-corrected chi connectivity index (χ0v) is 17.2. The Kier molecular flexibility index (Phi) is 5.58. The Morgan fingerprint density at radius 3 is 2.12 bits per heavy atom. The van der Waals surface area contributed by atoms with E-state index in [2.05, 4.69) is 20.8 Å². The SMILES string of the molecule is CC(C)(C)OC(=O)N1CCN(C2CN(C(=O)c3ccc(Br)cc3)C2)CC1. The van der Waals surface area contributed by atoms with Crippen LogP contribution >= 0.6 is 15.9 Å². The van der Waals surface area contributed by atoms with Crippen LogP contribution in [0.5, 0.6) is 0 Å². The van der Waals surface area contributed by atoms with Gasteiger partial charge in [-0.1, -0.05) is 15.9 Å². The van der Waals surface area contributed by atoms with E-state index in [-0.39, 0.29) is 12.0 Å². The molecule has 1 aromatic rings. The van der Waals surface area contributed by atoms with Gasteiger partial charge in [-0.25, -0.2) is 4.79 Å². The summed E-state index contributed by atoms with van der Waals surface area (Å²) in [7, 11) is 0. The minimum absolute atomic E-state index is 0.0844. The second-order valence-corrected chi connectivity index (χ2v) is 8.79. The maximum atomic E-state index is 12.5. The molecule has 0 spiro atoms. The summed E-state index contributed by atoms with van der Waals surface area (Å²) in [4.78, 5) is 30.6. The highest BCUT2D eigenvalue weighted by Gasteiger charge is 2.37.